The molecule has 2 unspecified atom stereocenters. The third-order valence-corrected chi connectivity index (χ3v) is 3.95. The van der Waals surface area contributed by atoms with E-state index in [0.29, 0.717) is 18.3 Å². The maximum atomic E-state index is 6.16. The molecule has 2 aliphatic rings. The zero-order chi connectivity index (χ0) is 13.1. The Balaban J connectivity index is 1.59. The number of nitrogens with zero attached hydrogens (tertiary/aromatic N) is 3. The molecule has 0 aliphatic carbocycles. The largest absolute Gasteiger partial charge is 0.381 e. The molecule has 2 aliphatic heterocycles. The highest BCUT2D eigenvalue weighted by atomic mass is 16.5. The van der Waals surface area contributed by atoms with E-state index < -0.39 is 0 Å². The molecular formula is C13H22N4O2. The molecule has 0 radical (unpaired) electrons. The second-order valence-electron chi connectivity index (χ2n) is 5.52. The van der Waals surface area contributed by atoms with Crippen molar-refractivity contribution in [2.75, 3.05) is 32.8 Å². The van der Waals surface area contributed by atoms with Crippen LogP contribution in [0.25, 0.3) is 0 Å². The topological polar surface area (TPSA) is 77.4 Å². The van der Waals surface area contributed by atoms with Gasteiger partial charge >= 0.3 is 0 Å². The van der Waals surface area contributed by atoms with Crippen LogP contribution in [0.15, 0.2) is 4.52 Å². The van der Waals surface area contributed by atoms with E-state index in [2.05, 4.69) is 15.0 Å². The van der Waals surface area contributed by atoms with E-state index in [-0.39, 0.29) is 12.0 Å². The highest BCUT2D eigenvalue weighted by molar-refractivity contribution is 4.99. The Labute approximate surface area is 113 Å². The first-order valence-electron chi connectivity index (χ1n) is 7.22. The van der Waals surface area contributed by atoms with E-state index in [1.54, 1.807) is 0 Å². The molecule has 6 nitrogen and oxygen atoms in total. The number of ether oxygens (including phenoxy) is 1. The minimum absolute atomic E-state index is 0.153. The van der Waals surface area contributed by atoms with Crippen LogP contribution in [0.4, 0.5) is 0 Å². The first-order valence-corrected chi connectivity index (χ1v) is 7.22. The molecule has 1 aromatic rings. The van der Waals surface area contributed by atoms with Gasteiger partial charge in [-0.15, -0.1) is 0 Å². The summed E-state index contributed by atoms with van der Waals surface area (Å²) < 4.78 is 10.8. The van der Waals surface area contributed by atoms with Gasteiger partial charge in [-0.25, -0.2) is 0 Å². The van der Waals surface area contributed by atoms with E-state index in [1.165, 1.54) is 12.8 Å². The molecule has 2 fully saturated rings. The number of nitrogens with two attached hydrogens (primary N) is 1. The molecule has 19 heavy (non-hydrogen) atoms. The van der Waals surface area contributed by atoms with Gasteiger partial charge in [0.2, 0.25) is 5.89 Å². The molecule has 3 rings (SSSR count). The summed E-state index contributed by atoms with van der Waals surface area (Å²) >= 11 is 0. The van der Waals surface area contributed by atoms with E-state index in [9.17, 15) is 0 Å². The van der Waals surface area contributed by atoms with Crippen LogP contribution in [0.5, 0.6) is 0 Å². The Morgan fingerprint density at radius 2 is 2.16 bits per heavy atom. The summed E-state index contributed by atoms with van der Waals surface area (Å²) in [5.74, 6) is 1.56. The third kappa shape index (κ3) is 3.13. The van der Waals surface area contributed by atoms with Gasteiger partial charge in [0, 0.05) is 13.2 Å². The van der Waals surface area contributed by atoms with Gasteiger partial charge in [-0.05, 0) is 38.8 Å². The Bertz CT molecular complexity index is 397. The molecule has 0 saturated carbocycles. The fraction of sp³-hybridized carbons (Fsp3) is 0.846. The predicted molar refractivity (Wildman–Crippen MR) is 69.7 cm³/mol. The van der Waals surface area contributed by atoms with Gasteiger partial charge in [0.1, 0.15) is 0 Å². The highest BCUT2D eigenvalue weighted by Gasteiger charge is 2.25. The Kier molecular flexibility index (Phi) is 4.10. The zero-order valence-corrected chi connectivity index (χ0v) is 11.3. The average molecular weight is 266 g/mol. The number of hydrogen-bond donors (Lipinski definition) is 1. The van der Waals surface area contributed by atoms with Gasteiger partial charge in [-0.2, -0.15) is 4.98 Å². The number of rotatable bonds is 4. The van der Waals surface area contributed by atoms with Crippen LogP contribution in [0.2, 0.25) is 0 Å². The van der Waals surface area contributed by atoms with Crippen LogP contribution >= 0.6 is 0 Å². The molecule has 1 aromatic heterocycles. The van der Waals surface area contributed by atoms with Gasteiger partial charge in [-0.3, -0.25) is 0 Å². The van der Waals surface area contributed by atoms with Gasteiger partial charge in [0.15, 0.2) is 5.82 Å². The van der Waals surface area contributed by atoms with Crippen molar-refractivity contribution in [2.45, 2.75) is 37.6 Å². The zero-order valence-electron chi connectivity index (χ0n) is 11.3. The van der Waals surface area contributed by atoms with Gasteiger partial charge in [0.25, 0.3) is 0 Å². The number of likely N-dealkylation sites (tertiary alicyclic amines) is 1. The van der Waals surface area contributed by atoms with Crippen molar-refractivity contribution >= 4 is 0 Å². The first kappa shape index (κ1) is 13.0. The lowest BCUT2D eigenvalue weighted by Gasteiger charge is -2.18. The summed E-state index contributed by atoms with van der Waals surface area (Å²) in [7, 11) is 0. The lowest BCUT2D eigenvalue weighted by molar-refractivity contribution is 0.0705. The lowest BCUT2D eigenvalue weighted by atomic mass is 10.0. The van der Waals surface area contributed by atoms with Gasteiger partial charge in [-0.1, -0.05) is 5.16 Å². The summed E-state index contributed by atoms with van der Waals surface area (Å²) in [6.45, 7) is 4.61. The minimum Gasteiger partial charge on any atom is -0.381 e. The van der Waals surface area contributed by atoms with Crippen molar-refractivity contribution in [1.29, 1.82) is 0 Å². The van der Waals surface area contributed by atoms with Crippen molar-refractivity contribution in [3.63, 3.8) is 0 Å². The summed E-state index contributed by atoms with van der Waals surface area (Å²) in [5.41, 5.74) is 6.16. The Hall–Kier alpha value is -0.980. The van der Waals surface area contributed by atoms with E-state index in [0.717, 1.165) is 39.1 Å². The maximum absolute atomic E-state index is 6.16. The van der Waals surface area contributed by atoms with Gasteiger partial charge in [0.05, 0.1) is 18.6 Å². The van der Waals surface area contributed by atoms with E-state index in [4.69, 9.17) is 15.0 Å². The molecule has 106 valence electrons. The van der Waals surface area contributed by atoms with Crippen LogP contribution in [0.3, 0.4) is 0 Å². The molecule has 0 spiro atoms. The molecule has 6 heteroatoms. The van der Waals surface area contributed by atoms with Crippen molar-refractivity contribution in [3.05, 3.63) is 11.7 Å². The quantitative estimate of drug-likeness (QED) is 0.878. The minimum atomic E-state index is -0.153. The SMILES string of the molecule is NC(CN1CCCC1)c1noc(C2CCCOC2)n1. The fourth-order valence-corrected chi connectivity index (χ4v) is 2.82. The summed E-state index contributed by atoms with van der Waals surface area (Å²) in [6.07, 6.45) is 4.65. The molecule has 2 saturated heterocycles. The van der Waals surface area contributed by atoms with Gasteiger partial charge < -0.3 is 19.9 Å². The smallest absolute Gasteiger partial charge is 0.232 e. The maximum Gasteiger partial charge on any atom is 0.232 e. The molecular weight excluding hydrogens is 244 g/mol. The Morgan fingerprint density at radius 3 is 2.89 bits per heavy atom. The third-order valence-electron chi connectivity index (χ3n) is 3.95. The molecule has 0 bridgehead atoms. The van der Waals surface area contributed by atoms with Crippen LogP contribution in [0.1, 0.15) is 49.4 Å². The number of aromatic nitrogens is 2. The lowest BCUT2D eigenvalue weighted by Crippen LogP contribution is -2.30. The van der Waals surface area contributed by atoms with E-state index in [1.807, 2.05) is 0 Å². The van der Waals surface area contributed by atoms with E-state index >= 15 is 0 Å². The second-order valence-corrected chi connectivity index (χ2v) is 5.52. The monoisotopic (exact) mass is 266 g/mol. The molecule has 0 amide bonds. The van der Waals surface area contributed by atoms with Crippen molar-refractivity contribution < 1.29 is 9.26 Å². The summed E-state index contributed by atoms with van der Waals surface area (Å²) in [4.78, 5) is 6.83. The molecule has 3 heterocycles. The van der Waals surface area contributed by atoms with Crippen LogP contribution < -0.4 is 5.73 Å². The van der Waals surface area contributed by atoms with Crippen molar-refractivity contribution in [2.24, 2.45) is 5.73 Å². The summed E-state index contributed by atoms with van der Waals surface area (Å²) in [5, 5.41) is 4.04. The first-order chi connectivity index (χ1) is 9.33. The molecule has 2 atom stereocenters. The second kappa shape index (κ2) is 5.98. The summed E-state index contributed by atoms with van der Waals surface area (Å²) in [6, 6.07) is -0.153. The average Bonchev–Trinajstić information content (AvgIpc) is 3.10. The normalized spacial score (nSPS) is 26.7. The van der Waals surface area contributed by atoms with Crippen molar-refractivity contribution in [1.82, 2.24) is 15.0 Å². The van der Waals surface area contributed by atoms with Crippen LogP contribution in [-0.2, 0) is 4.74 Å². The number of hydrogen-bond acceptors (Lipinski definition) is 6. The molecule has 2 N–H and O–H groups in total. The van der Waals surface area contributed by atoms with Crippen LogP contribution in [-0.4, -0.2) is 47.9 Å². The highest BCUT2D eigenvalue weighted by Crippen LogP contribution is 2.24. The fourth-order valence-electron chi connectivity index (χ4n) is 2.82. The van der Waals surface area contributed by atoms with Crippen molar-refractivity contribution in [3.8, 4) is 0 Å². The molecule has 0 aromatic carbocycles. The Morgan fingerprint density at radius 1 is 1.32 bits per heavy atom. The van der Waals surface area contributed by atoms with Crippen LogP contribution in [0, 0.1) is 0 Å². The standard InChI is InChI=1S/C13H22N4O2/c14-11(8-17-5-1-2-6-17)12-15-13(19-16-12)10-4-3-7-18-9-10/h10-11H,1-9,14H2. The predicted octanol–water partition coefficient (Wildman–Crippen LogP) is 1.06.